The summed E-state index contributed by atoms with van der Waals surface area (Å²) in [6.45, 7) is 3.36. The van der Waals surface area contributed by atoms with Crippen molar-refractivity contribution in [3.8, 4) is 0 Å². The summed E-state index contributed by atoms with van der Waals surface area (Å²) >= 11 is 0. The molecule has 1 saturated heterocycles. The monoisotopic (exact) mass is 325 g/mol. The van der Waals surface area contributed by atoms with Crippen LogP contribution in [0.15, 0.2) is 24.7 Å². The Kier molecular flexibility index (Phi) is 3.93. The second-order valence-electron chi connectivity index (χ2n) is 6.27. The Morgan fingerprint density at radius 1 is 1.21 bits per heavy atom. The molecule has 2 aromatic rings. The van der Waals surface area contributed by atoms with E-state index in [2.05, 4.69) is 19.9 Å². The second kappa shape index (κ2) is 6.24. The van der Waals surface area contributed by atoms with E-state index in [9.17, 15) is 4.79 Å². The van der Waals surface area contributed by atoms with Gasteiger partial charge in [0.15, 0.2) is 5.82 Å². The average molecular weight is 325 g/mol. The van der Waals surface area contributed by atoms with Crippen molar-refractivity contribution < 1.29 is 9.53 Å². The summed E-state index contributed by atoms with van der Waals surface area (Å²) in [5, 5.41) is 0. The van der Waals surface area contributed by atoms with Gasteiger partial charge in [-0.05, 0) is 25.8 Å². The van der Waals surface area contributed by atoms with Gasteiger partial charge < -0.3 is 9.64 Å². The van der Waals surface area contributed by atoms with Gasteiger partial charge in [0.25, 0.3) is 5.91 Å². The van der Waals surface area contributed by atoms with Crippen molar-refractivity contribution in [1.82, 2.24) is 24.8 Å². The molecule has 0 unspecified atom stereocenters. The van der Waals surface area contributed by atoms with Crippen LogP contribution in [0.4, 0.5) is 0 Å². The van der Waals surface area contributed by atoms with Crippen LogP contribution < -0.4 is 0 Å². The van der Waals surface area contributed by atoms with E-state index >= 15 is 0 Å². The highest BCUT2D eigenvalue weighted by atomic mass is 16.5. The molecule has 1 atom stereocenters. The van der Waals surface area contributed by atoms with E-state index in [0.29, 0.717) is 37.0 Å². The van der Waals surface area contributed by atoms with Crippen LogP contribution in [-0.2, 0) is 4.74 Å². The first-order chi connectivity index (χ1) is 11.7. The van der Waals surface area contributed by atoms with Crippen LogP contribution in [0.1, 0.15) is 52.6 Å². The summed E-state index contributed by atoms with van der Waals surface area (Å²) in [5.41, 5.74) is 1.40. The summed E-state index contributed by atoms with van der Waals surface area (Å²) < 4.78 is 5.74. The summed E-state index contributed by atoms with van der Waals surface area (Å²) in [7, 11) is 0. The van der Waals surface area contributed by atoms with Crippen LogP contribution >= 0.6 is 0 Å². The molecule has 7 nitrogen and oxygen atoms in total. The number of morpholine rings is 1. The summed E-state index contributed by atoms with van der Waals surface area (Å²) in [6, 6.07) is 1.84. The lowest BCUT2D eigenvalue weighted by atomic mass is 10.2. The molecule has 0 bridgehead atoms. The smallest absolute Gasteiger partial charge is 0.257 e. The zero-order valence-corrected chi connectivity index (χ0v) is 13.6. The van der Waals surface area contributed by atoms with Gasteiger partial charge in [-0.2, -0.15) is 0 Å². The third kappa shape index (κ3) is 3.12. The third-order valence-electron chi connectivity index (χ3n) is 4.32. The lowest BCUT2D eigenvalue weighted by Gasteiger charge is -2.32. The number of ether oxygens (including phenoxy) is 1. The largest absolute Gasteiger partial charge is 0.367 e. The maximum absolute atomic E-state index is 12.7. The first-order valence-corrected chi connectivity index (χ1v) is 8.23. The van der Waals surface area contributed by atoms with E-state index in [1.807, 2.05) is 13.0 Å². The van der Waals surface area contributed by atoms with Crippen molar-refractivity contribution in [2.24, 2.45) is 0 Å². The SMILES string of the molecule is Cc1ccnc([C@H]2CN(C(=O)c3cnc(C4CC4)nc3)CCO2)n1. The van der Waals surface area contributed by atoms with Crippen molar-refractivity contribution in [1.29, 1.82) is 0 Å². The molecule has 0 N–H and O–H groups in total. The summed E-state index contributed by atoms with van der Waals surface area (Å²) in [4.78, 5) is 31.8. The molecule has 2 fully saturated rings. The minimum atomic E-state index is -0.297. The van der Waals surface area contributed by atoms with Gasteiger partial charge in [-0.3, -0.25) is 4.79 Å². The zero-order chi connectivity index (χ0) is 16.5. The second-order valence-corrected chi connectivity index (χ2v) is 6.27. The maximum atomic E-state index is 12.7. The van der Waals surface area contributed by atoms with Crippen LogP contribution in [0, 0.1) is 6.92 Å². The van der Waals surface area contributed by atoms with Crippen molar-refractivity contribution >= 4 is 5.91 Å². The molecule has 4 rings (SSSR count). The van der Waals surface area contributed by atoms with Gasteiger partial charge in [0.1, 0.15) is 11.9 Å². The van der Waals surface area contributed by atoms with Gasteiger partial charge in [-0.1, -0.05) is 0 Å². The number of aromatic nitrogens is 4. The Morgan fingerprint density at radius 3 is 2.71 bits per heavy atom. The minimum Gasteiger partial charge on any atom is -0.367 e. The topological polar surface area (TPSA) is 81.1 Å². The van der Waals surface area contributed by atoms with Crippen LogP contribution in [0.25, 0.3) is 0 Å². The van der Waals surface area contributed by atoms with E-state index in [0.717, 1.165) is 24.4 Å². The van der Waals surface area contributed by atoms with Crippen LogP contribution in [-0.4, -0.2) is 50.4 Å². The molecule has 2 aromatic heterocycles. The van der Waals surface area contributed by atoms with Crippen LogP contribution in [0.5, 0.6) is 0 Å². The molecule has 124 valence electrons. The molecule has 1 aliphatic heterocycles. The fourth-order valence-electron chi connectivity index (χ4n) is 2.80. The fourth-order valence-corrected chi connectivity index (χ4v) is 2.80. The molecule has 0 aromatic carbocycles. The van der Waals surface area contributed by atoms with Gasteiger partial charge in [0.05, 0.1) is 18.7 Å². The summed E-state index contributed by atoms with van der Waals surface area (Å²) in [5.74, 6) is 1.88. The van der Waals surface area contributed by atoms with Gasteiger partial charge in [-0.15, -0.1) is 0 Å². The van der Waals surface area contributed by atoms with Crippen molar-refractivity contribution in [3.63, 3.8) is 0 Å². The van der Waals surface area contributed by atoms with Gasteiger partial charge >= 0.3 is 0 Å². The highest BCUT2D eigenvalue weighted by molar-refractivity contribution is 5.93. The van der Waals surface area contributed by atoms with Crippen molar-refractivity contribution in [2.75, 3.05) is 19.7 Å². The number of carbonyl (C=O) groups excluding carboxylic acids is 1. The van der Waals surface area contributed by atoms with E-state index in [1.54, 1.807) is 23.5 Å². The molecule has 0 spiro atoms. The molecular formula is C17H19N5O2. The lowest BCUT2D eigenvalue weighted by Crippen LogP contribution is -2.42. The number of amides is 1. The molecule has 2 aliphatic rings. The molecule has 1 aliphatic carbocycles. The Balaban J connectivity index is 1.47. The molecule has 1 saturated carbocycles. The number of aryl methyl sites for hydroxylation is 1. The highest BCUT2D eigenvalue weighted by Crippen LogP contribution is 2.37. The molecule has 24 heavy (non-hydrogen) atoms. The van der Waals surface area contributed by atoms with Gasteiger partial charge in [0, 0.05) is 36.7 Å². The van der Waals surface area contributed by atoms with Crippen molar-refractivity contribution in [3.05, 3.63) is 47.6 Å². The fraction of sp³-hybridized carbons (Fsp3) is 0.471. The highest BCUT2D eigenvalue weighted by Gasteiger charge is 2.29. The van der Waals surface area contributed by atoms with E-state index in [4.69, 9.17) is 4.74 Å². The first-order valence-electron chi connectivity index (χ1n) is 8.23. The number of nitrogens with zero attached hydrogens (tertiary/aromatic N) is 5. The molecule has 3 heterocycles. The Morgan fingerprint density at radius 2 is 2.00 bits per heavy atom. The number of carbonyl (C=O) groups is 1. The molecule has 0 radical (unpaired) electrons. The third-order valence-corrected chi connectivity index (χ3v) is 4.32. The quantitative estimate of drug-likeness (QED) is 0.854. The number of rotatable bonds is 3. The predicted octanol–water partition coefficient (Wildman–Crippen LogP) is 1.67. The van der Waals surface area contributed by atoms with Gasteiger partial charge in [-0.25, -0.2) is 19.9 Å². The standard InChI is InChI=1S/C17H19N5O2/c1-11-4-5-18-16(21-11)14-10-22(6-7-24-14)17(23)13-8-19-15(20-9-13)12-2-3-12/h4-5,8-9,12,14H,2-3,6-7,10H2,1H3/t14-/m1/s1. The Labute approximate surface area is 140 Å². The zero-order valence-electron chi connectivity index (χ0n) is 13.6. The maximum Gasteiger partial charge on any atom is 0.257 e. The minimum absolute atomic E-state index is 0.0710. The van der Waals surface area contributed by atoms with Crippen molar-refractivity contribution in [2.45, 2.75) is 31.8 Å². The van der Waals surface area contributed by atoms with Crippen LogP contribution in [0.3, 0.4) is 0 Å². The lowest BCUT2D eigenvalue weighted by molar-refractivity contribution is -0.0269. The average Bonchev–Trinajstić information content (AvgIpc) is 3.47. The predicted molar refractivity (Wildman–Crippen MR) is 85.4 cm³/mol. The van der Waals surface area contributed by atoms with E-state index < -0.39 is 0 Å². The first kappa shape index (κ1) is 15.1. The normalized spacial score (nSPS) is 20.9. The Bertz CT molecular complexity index is 745. The van der Waals surface area contributed by atoms with E-state index in [1.165, 1.54) is 0 Å². The summed E-state index contributed by atoms with van der Waals surface area (Å²) in [6.07, 6.45) is 6.98. The Hall–Kier alpha value is -2.41. The number of hydrogen-bond donors (Lipinski definition) is 0. The molecular weight excluding hydrogens is 306 g/mol. The molecule has 1 amide bonds. The van der Waals surface area contributed by atoms with Crippen LogP contribution in [0.2, 0.25) is 0 Å². The van der Waals surface area contributed by atoms with Gasteiger partial charge in [0.2, 0.25) is 0 Å². The van der Waals surface area contributed by atoms with E-state index in [-0.39, 0.29) is 12.0 Å². The number of hydrogen-bond acceptors (Lipinski definition) is 6. The molecule has 7 heteroatoms.